The smallest absolute Gasteiger partial charge is 0.322 e. The van der Waals surface area contributed by atoms with E-state index in [0.717, 1.165) is 0 Å². The van der Waals surface area contributed by atoms with Crippen LogP contribution in [0.5, 0.6) is 0 Å². The third kappa shape index (κ3) is 9.08. The number of rotatable bonds is 8. The van der Waals surface area contributed by atoms with Crippen LogP contribution in [0.2, 0.25) is 0 Å². The number of carbonyl (C=O) groups excluding carboxylic acids is 1. The molecule has 0 saturated carbocycles. The molecule has 1 unspecified atom stereocenters. The summed E-state index contributed by atoms with van der Waals surface area (Å²) in [6.45, 7) is 3.04. The highest BCUT2D eigenvalue weighted by Gasteiger charge is 2.15. The average Bonchev–Trinajstić information content (AvgIpc) is 2.22. The Morgan fingerprint density at radius 1 is 1.41 bits per heavy atom. The zero-order valence-electron chi connectivity index (χ0n) is 10.7. The van der Waals surface area contributed by atoms with Crippen molar-refractivity contribution in [3.8, 4) is 0 Å². The van der Waals surface area contributed by atoms with Gasteiger partial charge in [0, 0.05) is 12.8 Å². The van der Waals surface area contributed by atoms with Gasteiger partial charge in [0.25, 0.3) is 0 Å². The molecule has 0 aromatic heterocycles. The number of ether oxygens (including phenoxy) is 1. The summed E-state index contributed by atoms with van der Waals surface area (Å²) in [5.74, 6) is -0.304. The van der Waals surface area contributed by atoms with Gasteiger partial charge in [-0.25, -0.2) is 8.42 Å². The van der Waals surface area contributed by atoms with Crippen LogP contribution in [0, 0.1) is 0 Å². The quantitative estimate of drug-likeness (QED) is 0.581. The molecule has 0 spiro atoms. The van der Waals surface area contributed by atoms with E-state index in [1.54, 1.807) is 14.0 Å². The molecule has 6 nitrogen and oxygen atoms in total. The van der Waals surface area contributed by atoms with Crippen molar-refractivity contribution in [2.75, 3.05) is 38.8 Å². The summed E-state index contributed by atoms with van der Waals surface area (Å²) in [6.07, 6.45) is 1.66. The molecule has 0 saturated heterocycles. The molecule has 0 aliphatic carbocycles. The Hall–Kier alpha value is -0.660. The van der Waals surface area contributed by atoms with Crippen LogP contribution in [0.25, 0.3) is 0 Å². The van der Waals surface area contributed by atoms with E-state index in [-0.39, 0.29) is 5.75 Å². The van der Waals surface area contributed by atoms with Crippen LogP contribution in [0.1, 0.15) is 13.3 Å². The molecule has 0 aliphatic rings. The third-order valence-corrected chi connectivity index (χ3v) is 3.18. The Morgan fingerprint density at radius 3 is 2.47 bits per heavy atom. The lowest BCUT2D eigenvalue weighted by atomic mass is 10.2. The minimum atomic E-state index is -2.95. The molecule has 17 heavy (non-hydrogen) atoms. The van der Waals surface area contributed by atoms with Crippen molar-refractivity contribution in [3.05, 3.63) is 0 Å². The highest BCUT2D eigenvalue weighted by Crippen LogP contribution is 1.96. The minimum Gasteiger partial charge on any atom is -0.465 e. The van der Waals surface area contributed by atoms with E-state index >= 15 is 0 Å². The molecule has 1 atom stereocenters. The largest absolute Gasteiger partial charge is 0.465 e. The molecule has 0 fully saturated rings. The van der Waals surface area contributed by atoms with E-state index < -0.39 is 21.8 Å². The third-order valence-electron chi connectivity index (χ3n) is 2.25. The fourth-order valence-electron chi connectivity index (χ4n) is 1.16. The highest BCUT2D eigenvalue weighted by molar-refractivity contribution is 7.90. The highest BCUT2D eigenvalue weighted by atomic mass is 32.2. The first kappa shape index (κ1) is 16.3. The summed E-state index contributed by atoms with van der Waals surface area (Å²) in [7, 11) is -1.15. The number of esters is 1. The van der Waals surface area contributed by atoms with Gasteiger partial charge in [-0.2, -0.15) is 0 Å². The molecule has 0 heterocycles. The van der Waals surface area contributed by atoms with Crippen LogP contribution in [0.4, 0.5) is 0 Å². The number of nitrogens with zero attached hydrogens (tertiary/aromatic N) is 1. The first-order valence-corrected chi connectivity index (χ1v) is 7.60. The first-order chi connectivity index (χ1) is 7.76. The Bertz CT molecular complexity index is 329. The predicted octanol–water partition coefficient (Wildman–Crippen LogP) is -0.757. The lowest BCUT2D eigenvalue weighted by molar-refractivity contribution is -0.144. The maximum absolute atomic E-state index is 11.2. The Labute approximate surface area is 103 Å². The second kappa shape index (κ2) is 7.62. The van der Waals surface area contributed by atoms with Crippen LogP contribution in [0.3, 0.4) is 0 Å². The lowest BCUT2D eigenvalue weighted by Gasteiger charge is -2.18. The van der Waals surface area contributed by atoms with Gasteiger partial charge in [0.05, 0.1) is 12.4 Å². The monoisotopic (exact) mass is 266 g/mol. The molecule has 0 radical (unpaired) electrons. The number of hydrogen-bond acceptors (Lipinski definition) is 6. The van der Waals surface area contributed by atoms with Gasteiger partial charge in [0.15, 0.2) is 0 Å². The summed E-state index contributed by atoms with van der Waals surface area (Å²) in [5, 5.41) is 0. The van der Waals surface area contributed by atoms with Crippen molar-refractivity contribution in [2.24, 2.45) is 5.73 Å². The molecule has 0 aromatic rings. The van der Waals surface area contributed by atoms with Gasteiger partial charge >= 0.3 is 5.97 Å². The van der Waals surface area contributed by atoms with E-state index in [1.165, 1.54) is 6.26 Å². The molecule has 102 valence electrons. The molecule has 0 amide bonds. The van der Waals surface area contributed by atoms with Crippen molar-refractivity contribution in [1.82, 2.24) is 4.90 Å². The second-order valence-corrected chi connectivity index (χ2v) is 6.34. The van der Waals surface area contributed by atoms with Gasteiger partial charge in [-0.3, -0.25) is 4.79 Å². The van der Waals surface area contributed by atoms with Gasteiger partial charge in [-0.1, -0.05) is 0 Å². The average molecular weight is 266 g/mol. The van der Waals surface area contributed by atoms with Crippen LogP contribution in [-0.2, 0) is 19.4 Å². The van der Waals surface area contributed by atoms with E-state index in [1.807, 2.05) is 4.90 Å². The van der Waals surface area contributed by atoms with Crippen molar-refractivity contribution in [3.63, 3.8) is 0 Å². The molecule has 2 N–H and O–H groups in total. The van der Waals surface area contributed by atoms with E-state index in [9.17, 15) is 13.2 Å². The number of hydrogen-bond donors (Lipinski definition) is 1. The fourth-order valence-corrected chi connectivity index (χ4v) is 1.80. The van der Waals surface area contributed by atoms with Crippen LogP contribution in [0.15, 0.2) is 0 Å². The second-order valence-electron chi connectivity index (χ2n) is 4.08. The Morgan fingerprint density at radius 2 is 2.00 bits per heavy atom. The topological polar surface area (TPSA) is 89.7 Å². The van der Waals surface area contributed by atoms with E-state index in [2.05, 4.69) is 0 Å². The summed E-state index contributed by atoms with van der Waals surface area (Å²) in [6, 6.07) is -0.643. The van der Waals surface area contributed by atoms with Crippen molar-refractivity contribution >= 4 is 15.8 Å². The molecule has 0 bridgehead atoms. The Balaban J connectivity index is 3.83. The SMILES string of the molecule is CCOC(=O)C(N)CCN(C)CCS(C)(=O)=O. The molecule has 0 aromatic carbocycles. The van der Waals surface area contributed by atoms with Crippen molar-refractivity contribution in [2.45, 2.75) is 19.4 Å². The summed E-state index contributed by atoms with van der Waals surface area (Å²) < 4.78 is 26.7. The fraction of sp³-hybridized carbons (Fsp3) is 0.900. The number of sulfone groups is 1. The van der Waals surface area contributed by atoms with Gasteiger partial charge < -0.3 is 15.4 Å². The van der Waals surface area contributed by atoms with Gasteiger partial charge in [-0.05, 0) is 26.9 Å². The van der Waals surface area contributed by atoms with Gasteiger partial charge in [-0.15, -0.1) is 0 Å². The van der Waals surface area contributed by atoms with Gasteiger partial charge in [0.2, 0.25) is 0 Å². The molecular weight excluding hydrogens is 244 g/mol. The maximum atomic E-state index is 11.2. The maximum Gasteiger partial charge on any atom is 0.322 e. The molecule has 0 rings (SSSR count). The minimum absolute atomic E-state index is 0.109. The van der Waals surface area contributed by atoms with E-state index in [4.69, 9.17) is 10.5 Å². The Kier molecular flexibility index (Phi) is 7.33. The molecular formula is C10H22N2O4S. The lowest BCUT2D eigenvalue weighted by Crippen LogP contribution is -2.36. The zero-order valence-corrected chi connectivity index (χ0v) is 11.5. The summed E-state index contributed by atoms with van der Waals surface area (Å²) in [4.78, 5) is 13.0. The first-order valence-electron chi connectivity index (χ1n) is 5.54. The van der Waals surface area contributed by atoms with Crippen LogP contribution < -0.4 is 5.73 Å². The summed E-state index contributed by atoms with van der Waals surface area (Å²) >= 11 is 0. The molecule has 7 heteroatoms. The summed E-state index contributed by atoms with van der Waals surface area (Å²) in [5.41, 5.74) is 5.61. The number of nitrogens with two attached hydrogens (primary N) is 1. The normalized spacial score (nSPS) is 13.7. The zero-order chi connectivity index (χ0) is 13.5. The van der Waals surface area contributed by atoms with Crippen molar-refractivity contribution in [1.29, 1.82) is 0 Å². The predicted molar refractivity (Wildman–Crippen MR) is 66.4 cm³/mol. The standard InChI is InChI=1S/C10H22N2O4S/c1-4-16-10(13)9(11)5-6-12(2)7-8-17(3,14)15/h9H,4-8,11H2,1-3H3. The molecule has 0 aliphatic heterocycles. The van der Waals surface area contributed by atoms with Crippen LogP contribution in [-0.4, -0.2) is 64.1 Å². The van der Waals surface area contributed by atoms with E-state index in [0.29, 0.717) is 26.1 Å². The van der Waals surface area contributed by atoms with Gasteiger partial charge in [0.1, 0.15) is 15.9 Å². The van der Waals surface area contributed by atoms with Crippen molar-refractivity contribution < 1.29 is 17.9 Å². The number of carbonyl (C=O) groups is 1. The van der Waals surface area contributed by atoms with Crippen LogP contribution >= 0.6 is 0 Å².